The van der Waals surface area contributed by atoms with E-state index >= 15 is 0 Å². The Kier molecular flexibility index (Phi) is 4.10. The van der Waals surface area contributed by atoms with Gasteiger partial charge in [-0.25, -0.2) is 14.5 Å². The quantitative estimate of drug-likeness (QED) is 0.529. The third-order valence-electron chi connectivity index (χ3n) is 4.03. The number of carbonyl (C=O) groups excluding carboxylic acids is 1. The van der Waals surface area contributed by atoms with Crippen molar-refractivity contribution in [2.24, 2.45) is 0 Å². The molecule has 2 heterocycles. The standard InChI is InChI=1S/C19H15N5O2/c1-13(14-2-5-16(6-3-14)24-12-20-11-23-24)26-19(25)15-4-7-17-18(10-15)22-9-8-21-17/h2-13H,1H3. The monoisotopic (exact) mass is 345 g/mol. The largest absolute Gasteiger partial charge is 0.454 e. The molecule has 2 aromatic heterocycles. The highest BCUT2D eigenvalue weighted by Gasteiger charge is 2.15. The zero-order valence-corrected chi connectivity index (χ0v) is 14.0. The van der Waals surface area contributed by atoms with Gasteiger partial charge in [-0.3, -0.25) is 9.97 Å². The number of carbonyl (C=O) groups is 1. The first-order valence-corrected chi connectivity index (χ1v) is 8.07. The van der Waals surface area contributed by atoms with Gasteiger partial charge in [-0.2, -0.15) is 5.10 Å². The molecule has 0 radical (unpaired) electrons. The first kappa shape index (κ1) is 15.9. The van der Waals surface area contributed by atoms with Crippen LogP contribution in [-0.4, -0.2) is 30.7 Å². The number of rotatable bonds is 4. The lowest BCUT2D eigenvalue weighted by Crippen LogP contribution is -2.09. The second-order valence-corrected chi connectivity index (χ2v) is 5.74. The molecule has 0 aliphatic carbocycles. The number of fused-ring (bicyclic) bond motifs is 1. The van der Waals surface area contributed by atoms with Gasteiger partial charge >= 0.3 is 5.97 Å². The van der Waals surface area contributed by atoms with Crippen LogP contribution in [0.2, 0.25) is 0 Å². The van der Waals surface area contributed by atoms with Gasteiger partial charge in [0.2, 0.25) is 0 Å². The van der Waals surface area contributed by atoms with E-state index in [1.807, 2.05) is 31.2 Å². The van der Waals surface area contributed by atoms with Gasteiger partial charge in [-0.05, 0) is 42.8 Å². The molecular weight excluding hydrogens is 330 g/mol. The first-order chi connectivity index (χ1) is 12.7. The number of esters is 1. The van der Waals surface area contributed by atoms with E-state index in [1.165, 1.54) is 6.33 Å². The van der Waals surface area contributed by atoms with Crippen LogP contribution in [0.25, 0.3) is 16.7 Å². The third kappa shape index (κ3) is 3.14. The predicted octanol–water partition coefficient (Wildman–Crippen LogP) is 3.13. The summed E-state index contributed by atoms with van der Waals surface area (Å²) in [5, 5.41) is 4.08. The van der Waals surface area contributed by atoms with E-state index in [0.717, 1.165) is 16.8 Å². The normalized spacial score (nSPS) is 12.0. The van der Waals surface area contributed by atoms with Crippen LogP contribution in [0.3, 0.4) is 0 Å². The average molecular weight is 345 g/mol. The topological polar surface area (TPSA) is 82.8 Å². The number of hydrogen-bond acceptors (Lipinski definition) is 6. The van der Waals surface area contributed by atoms with Crippen LogP contribution in [0.15, 0.2) is 67.5 Å². The molecule has 0 amide bonds. The molecule has 7 nitrogen and oxygen atoms in total. The van der Waals surface area contributed by atoms with Crippen LogP contribution < -0.4 is 0 Å². The highest BCUT2D eigenvalue weighted by atomic mass is 16.5. The minimum atomic E-state index is -0.398. The van der Waals surface area contributed by atoms with Gasteiger partial charge in [0.15, 0.2) is 0 Å². The zero-order valence-electron chi connectivity index (χ0n) is 14.0. The molecule has 0 fully saturated rings. The summed E-state index contributed by atoms with van der Waals surface area (Å²) in [6.07, 6.45) is 5.93. The van der Waals surface area contributed by atoms with Gasteiger partial charge in [0.25, 0.3) is 0 Å². The molecule has 0 aliphatic rings. The van der Waals surface area contributed by atoms with Crippen molar-refractivity contribution >= 4 is 17.0 Å². The molecule has 26 heavy (non-hydrogen) atoms. The lowest BCUT2D eigenvalue weighted by Gasteiger charge is -2.14. The van der Waals surface area contributed by atoms with Crippen molar-refractivity contribution in [1.82, 2.24) is 24.7 Å². The Morgan fingerprint density at radius 3 is 2.54 bits per heavy atom. The Balaban J connectivity index is 1.49. The Bertz CT molecular complexity index is 1050. The maximum absolute atomic E-state index is 12.4. The molecule has 128 valence electrons. The SMILES string of the molecule is CC(OC(=O)c1ccc2nccnc2c1)c1ccc(-n2cncn2)cc1. The van der Waals surface area contributed by atoms with Gasteiger partial charge in [-0.15, -0.1) is 0 Å². The fourth-order valence-electron chi connectivity index (χ4n) is 2.63. The summed E-state index contributed by atoms with van der Waals surface area (Å²) in [7, 11) is 0. The Morgan fingerprint density at radius 1 is 1.04 bits per heavy atom. The summed E-state index contributed by atoms with van der Waals surface area (Å²) >= 11 is 0. The van der Waals surface area contributed by atoms with Crippen LogP contribution in [-0.2, 0) is 4.74 Å². The number of hydrogen-bond donors (Lipinski definition) is 0. The van der Waals surface area contributed by atoms with Crippen molar-refractivity contribution in [2.45, 2.75) is 13.0 Å². The maximum Gasteiger partial charge on any atom is 0.338 e. The fourth-order valence-corrected chi connectivity index (χ4v) is 2.63. The van der Waals surface area contributed by atoms with E-state index in [0.29, 0.717) is 11.1 Å². The minimum absolute atomic E-state index is 0.384. The van der Waals surface area contributed by atoms with Crippen molar-refractivity contribution in [1.29, 1.82) is 0 Å². The second-order valence-electron chi connectivity index (χ2n) is 5.74. The molecule has 4 aromatic rings. The molecule has 0 bridgehead atoms. The third-order valence-corrected chi connectivity index (χ3v) is 4.03. The van der Waals surface area contributed by atoms with Gasteiger partial charge in [-0.1, -0.05) is 12.1 Å². The maximum atomic E-state index is 12.4. The van der Waals surface area contributed by atoms with E-state index in [2.05, 4.69) is 20.1 Å². The number of nitrogens with zero attached hydrogens (tertiary/aromatic N) is 5. The summed E-state index contributed by atoms with van der Waals surface area (Å²) in [4.78, 5) is 24.8. The summed E-state index contributed by atoms with van der Waals surface area (Å²) in [5.74, 6) is -0.398. The van der Waals surface area contributed by atoms with Crippen LogP contribution in [0.1, 0.15) is 28.9 Å². The van der Waals surface area contributed by atoms with Gasteiger partial charge < -0.3 is 4.74 Å². The zero-order chi connectivity index (χ0) is 17.9. The van der Waals surface area contributed by atoms with Crippen molar-refractivity contribution < 1.29 is 9.53 Å². The summed E-state index contributed by atoms with van der Waals surface area (Å²) < 4.78 is 7.24. The molecule has 0 saturated carbocycles. The molecule has 1 atom stereocenters. The molecule has 0 aliphatic heterocycles. The molecule has 0 saturated heterocycles. The summed E-state index contributed by atoms with van der Waals surface area (Å²) in [6.45, 7) is 1.84. The minimum Gasteiger partial charge on any atom is -0.454 e. The van der Waals surface area contributed by atoms with Crippen molar-refractivity contribution in [3.8, 4) is 5.69 Å². The summed E-state index contributed by atoms with van der Waals surface area (Å²) in [5.41, 5.74) is 3.62. The number of benzene rings is 2. The fraction of sp³-hybridized carbons (Fsp3) is 0.105. The molecule has 2 aromatic carbocycles. The van der Waals surface area contributed by atoms with Crippen molar-refractivity contribution in [2.75, 3.05) is 0 Å². The van der Waals surface area contributed by atoms with Crippen LogP contribution >= 0.6 is 0 Å². The Morgan fingerprint density at radius 2 is 1.81 bits per heavy atom. The lowest BCUT2D eigenvalue weighted by atomic mass is 10.1. The van der Waals surface area contributed by atoms with Crippen LogP contribution in [0, 0.1) is 0 Å². The summed E-state index contributed by atoms with van der Waals surface area (Å²) in [6, 6.07) is 12.8. The highest BCUT2D eigenvalue weighted by Crippen LogP contribution is 2.21. The van der Waals surface area contributed by atoms with Gasteiger partial charge in [0.05, 0.1) is 22.3 Å². The molecule has 1 unspecified atom stereocenters. The van der Waals surface area contributed by atoms with E-state index in [9.17, 15) is 4.79 Å². The van der Waals surface area contributed by atoms with E-state index < -0.39 is 5.97 Å². The number of aromatic nitrogens is 5. The number of ether oxygens (including phenoxy) is 1. The van der Waals surface area contributed by atoms with Crippen molar-refractivity contribution in [3.05, 3.63) is 78.6 Å². The highest BCUT2D eigenvalue weighted by molar-refractivity contribution is 5.93. The van der Waals surface area contributed by atoms with Crippen LogP contribution in [0.4, 0.5) is 0 Å². The Labute approximate surface area is 149 Å². The smallest absolute Gasteiger partial charge is 0.338 e. The van der Waals surface area contributed by atoms with Crippen molar-refractivity contribution in [3.63, 3.8) is 0 Å². The molecular formula is C19H15N5O2. The predicted molar refractivity (Wildman–Crippen MR) is 94.7 cm³/mol. The average Bonchev–Trinajstić information content (AvgIpc) is 3.22. The van der Waals surface area contributed by atoms with Crippen LogP contribution in [0.5, 0.6) is 0 Å². The molecule has 4 rings (SSSR count). The first-order valence-electron chi connectivity index (χ1n) is 8.07. The van der Waals surface area contributed by atoms with E-state index in [4.69, 9.17) is 4.74 Å². The molecule has 0 N–H and O–H groups in total. The van der Waals surface area contributed by atoms with E-state index in [-0.39, 0.29) is 6.10 Å². The molecule has 0 spiro atoms. The lowest BCUT2D eigenvalue weighted by molar-refractivity contribution is 0.0338. The van der Waals surface area contributed by atoms with Gasteiger partial charge in [0.1, 0.15) is 18.8 Å². The molecule has 7 heteroatoms. The Hall–Kier alpha value is -3.61. The van der Waals surface area contributed by atoms with E-state index in [1.54, 1.807) is 41.6 Å². The second kappa shape index (κ2) is 6.72. The van der Waals surface area contributed by atoms with Gasteiger partial charge in [0, 0.05) is 12.4 Å².